The van der Waals surface area contributed by atoms with E-state index in [1.54, 1.807) is 13.0 Å². The Hall–Kier alpha value is -1.76. The van der Waals surface area contributed by atoms with E-state index in [1.165, 1.54) is 49.6 Å². The summed E-state index contributed by atoms with van der Waals surface area (Å²) in [6, 6.07) is 2.23. The molecule has 1 N–H and O–H groups in total. The highest BCUT2D eigenvalue weighted by molar-refractivity contribution is 7.99. The first-order chi connectivity index (χ1) is 11.5. The zero-order chi connectivity index (χ0) is 17.1. The van der Waals surface area contributed by atoms with Crippen molar-refractivity contribution in [2.45, 2.75) is 64.1 Å². The summed E-state index contributed by atoms with van der Waals surface area (Å²) in [7, 11) is 0. The maximum Gasteiger partial charge on any atom is 0.236 e. The van der Waals surface area contributed by atoms with E-state index < -0.39 is 0 Å². The van der Waals surface area contributed by atoms with Gasteiger partial charge in [0.15, 0.2) is 11.0 Å². The van der Waals surface area contributed by atoms with Crippen LogP contribution in [0, 0.1) is 20.8 Å². The molecule has 1 saturated carbocycles. The molecule has 7 heteroatoms. The van der Waals surface area contributed by atoms with E-state index in [-0.39, 0.29) is 5.91 Å². The molecule has 6 nitrogen and oxygen atoms in total. The highest BCUT2D eigenvalue weighted by atomic mass is 32.2. The second-order valence-corrected chi connectivity index (χ2v) is 7.33. The molecular formula is C17H24N4O2S. The first-order valence-corrected chi connectivity index (χ1v) is 9.44. The Balaban J connectivity index is 1.66. The standard InChI is InChI=1S/C17H24N4O2S/c1-11-9-15(20-23-11)19-16(22)10-24-17-18-12(2)13(3)21(17)14-7-5-4-6-8-14/h9,14H,4-8,10H2,1-3H3,(H,19,20,22). The Morgan fingerprint density at radius 3 is 2.75 bits per heavy atom. The Morgan fingerprint density at radius 1 is 1.33 bits per heavy atom. The first kappa shape index (κ1) is 17.1. The molecule has 2 heterocycles. The van der Waals surface area contributed by atoms with E-state index >= 15 is 0 Å². The van der Waals surface area contributed by atoms with E-state index in [4.69, 9.17) is 4.52 Å². The minimum atomic E-state index is -0.0956. The van der Waals surface area contributed by atoms with Gasteiger partial charge in [0, 0.05) is 17.8 Å². The number of thioether (sulfide) groups is 1. The van der Waals surface area contributed by atoms with Crippen LogP contribution in [0.3, 0.4) is 0 Å². The Labute approximate surface area is 146 Å². The molecule has 0 radical (unpaired) electrons. The molecule has 0 unspecified atom stereocenters. The van der Waals surface area contributed by atoms with Crippen molar-refractivity contribution in [1.82, 2.24) is 14.7 Å². The maximum absolute atomic E-state index is 12.1. The molecule has 2 aromatic rings. The lowest BCUT2D eigenvalue weighted by Crippen LogP contribution is -2.17. The summed E-state index contributed by atoms with van der Waals surface area (Å²) in [5.74, 6) is 1.36. The van der Waals surface area contributed by atoms with Crippen molar-refractivity contribution in [2.75, 3.05) is 11.1 Å². The van der Waals surface area contributed by atoms with Crippen LogP contribution in [-0.4, -0.2) is 26.4 Å². The number of carbonyl (C=O) groups excluding carboxylic acids is 1. The average molecular weight is 348 g/mol. The summed E-state index contributed by atoms with van der Waals surface area (Å²) in [6.07, 6.45) is 6.28. The van der Waals surface area contributed by atoms with Gasteiger partial charge in [0.1, 0.15) is 5.76 Å². The number of carbonyl (C=O) groups is 1. The number of amides is 1. The van der Waals surface area contributed by atoms with Gasteiger partial charge < -0.3 is 14.4 Å². The topological polar surface area (TPSA) is 73.0 Å². The maximum atomic E-state index is 12.1. The molecule has 130 valence electrons. The third-order valence-corrected chi connectivity index (χ3v) is 5.47. The second-order valence-electron chi connectivity index (χ2n) is 6.39. The van der Waals surface area contributed by atoms with Crippen LogP contribution in [-0.2, 0) is 4.79 Å². The van der Waals surface area contributed by atoms with E-state index in [1.807, 2.05) is 6.92 Å². The first-order valence-electron chi connectivity index (χ1n) is 8.46. The molecule has 0 aliphatic heterocycles. The van der Waals surface area contributed by atoms with Gasteiger partial charge >= 0.3 is 0 Å². The fourth-order valence-corrected chi connectivity index (χ4v) is 4.16. The van der Waals surface area contributed by atoms with Crippen LogP contribution in [0.2, 0.25) is 0 Å². The Bertz CT molecular complexity index is 716. The number of nitrogens with zero attached hydrogens (tertiary/aromatic N) is 3. The van der Waals surface area contributed by atoms with Gasteiger partial charge in [0.05, 0.1) is 11.4 Å². The highest BCUT2D eigenvalue weighted by Gasteiger charge is 2.22. The van der Waals surface area contributed by atoms with Crippen molar-refractivity contribution in [2.24, 2.45) is 0 Å². The van der Waals surface area contributed by atoms with Crippen molar-refractivity contribution in [3.8, 4) is 0 Å². The number of nitrogens with one attached hydrogen (secondary N) is 1. The van der Waals surface area contributed by atoms with E-state index in [0.29, 0.717) is 23.4 Å². The number of anilines is 1. The lowest BCUT2D eigenvalue weighted by Gasteiger charge is -2.26. The normalized spacial score (nSPS) is 15.6. The lowest BCUT2D eigenvalue weighted by atomic mass is 9.95. The van der Waals surface area contributed by atoms with E-state index in [2.05, 4.69) is 26.9 Å². The minimum Gasteiger partial charge on any atom is -0.360 e. The fraction of sp³-hybridized carbons (Fsp3) is 0.588. The van der Waals surface area contributed by atoms with Crippen molar-refractivity contribution in [3.63, 3.8) is 0 Å². The predicted octanol–water partition coefficient (Wildman–Crippen LogP) is 4.03. The molecule has 1 aliphatic rings. The quantitative estimate of drug-likeness (QED) is 0.826. The Kier molecular flexibility index (Phi) is 5.28. The largest absolute Gasteiger partial charge is 0.360 e. The van der Waals surface area contributed by atoms with Crippen molar-refractivity contribution < 1.29 is 9.32 Å². The third kappa shape index (κ3) is 3.83. The van der Waals surface area contributed by atoms with Gasteiger partial charge in [-0.15, -0.1) is 0 Å². The minimum absolute atomic E-state index is 0.0956. The van der Waals surface area contributed by atoms with Crippen LogP contribution in [0.15, 0.2) is 15.7 Å². The number of rotatable bonds is 5. The van der Waals surface area contributed by atoms with Gasteiger partial charge in [-0.3, -0.25) is 4.79 Å². The van der Waals surface area contributed by atoms with Crippen LogP contribution >= 0.6 is 11.8 Å². The van der Waals surface area contributed by atoms with Crippen molar-refractivity contribution in [1.29, 1.82) is 0 Å². The summed E-state index contributed by atoms with van der Waals surface area (Å²) in [6.45, 7) is 5.96. The van der Waals surface area contributed by atoms with Crippen LogP contribution in [0.1, 0.15) is 55.3 Å². The predicted molar refractivity (Wildman–Crippen MR) is 94.4 cm³/mol. The summed E-state index contributed by atoms with van der Waals surface area (Å²) >= 11 is 1.49. The molecule has 0 bridgehead atoms. The van der Waals surface area contributed by atoms with Gasteiger partial charge in [0.2, 0.25) is 5.91 Å². The molecule has 0 spiro atoms. The molecule has 2 aromatic heterocycles. The third-order valence-electron chi connectivity index (χ3n) is 4.52. The molecule has 24 heavy (non-hydrogen) atoms. The number of aromatic nitrogens is 3. The number of imidazole rings is 1. The molecule has 0 aromatic carbocycles. The van der Waals surface area contributed by atoms with Crippen LogP contribution in [0.25, 0.3) is 0 Å². The molecule has 1 fully saturated rings. The highest BCUT2D eigenvalue weighted by Crippen LogP contribution is 2.34. The number of hydrogen-bond acceptors (Lipinski definition) is 5. The number of aryl methyl sites for hydroxylation is 2. The Morgan fingerprint density at radius 2 is 2.08 bits per heavy atom. The van der Waals surface area contributed by atoms with Crippen LogP contribution < -0.4 is 5.32 Å². The van der Waals surface area contributed by atoms with Gasteiger partial charge in [-0.05, 0) is 33.6 Å². The fourth-order valence-electron chi connectivity index (χ4n) is 3.20. The SMILES string of the molecule is Cc1cc(NC(=O)CSc2nc(C)c(C)n2C2CCCCC2)no1. The zero-order valence-electron chi connectivity index (χ0n) is 14.5. The molecule has 1 amide bonds. The average Bonchev–Trinajstić information content (AvgIpc) is 3.10. The van der Waals surface area contributed by atoms with Gasteiger partial charge in [0.25, 0.3) is 0 Å². The van der Waals surface area contributed by atoms with Crippen LogP contribution in [0.4, 0.5) is 5.82 Å². The lowest BCUT2D eigenvalue weighted by molar-refractivity contribution is -0.113. The summed E-state index contributed by atoms with van der Waals surface area (Å²) < 4.78 is 7.30. The summed E-state index contributed by atoms with van der Waals surface area (Å²) in [4.78, 5) is 16.8. The molecule has 0 atom stereocenters. The van der Waals surface area contributed by atoms with Gasteiger partial charge in [-0.1, -0.05) is 36.2 Å². The summed E-state index contributed by atoms with van der Waals surface area (Å²) in [5, 5.41) is 7.48. The van der Waals surface area contributed by atoms with Crippen LogP contribution in [0.5, 0.6) is 0 Å². The summed E-state index contributed by atoms with van der Waals surface area (Å²) in [5.41, 5.74) is 2.27. The second kappa shape index (κ2) is 7.42. The van der Waals surface area contributed by atoms with E-state index in [9.17, 15) is 4.79 Å². The van der Waals surface area contributed by atoms with Crippen molar-refractivity contribution in [3.05, 3.63) is 23.2 Å². The van der Waals surface area contributed by atoms with Crippen molar-refractivity contribution >= 4 is 23.5 Å². The smallest absolute Gasteiger partial charge is 0.236 e. The van der Waals surface area contributed by atoms with Gasteiger partial charge in [-0.25, -0.2) is 4.98 Å². The molecule has 0 saturated heterocycles. The molecular weight excluding hydrogens is 324 g/mol. The molecule has 1 aliphatic carbocycles. The number of hydrogen-bond donors (Lipinski definition) is 1. The molecule has 3 rings (SSSR count). The van der Waals surface area contributed by atoms with E-state index in [0.717, 1.165) is 10.9 Å². The zero-order valence-corrected chi connectivity index (χ0v) is 15.3. The monoisotopic (exact) mass is 348 g/mol. The van der Waals surface area contributed by atoms with Gasteiger partial charge in [-0.2, -0.15) is 0 Å².